The Bertz CT molecular complexity index is 1760. The minimum atomic E-state index is -0.947. The predicted octanol–water partition coefficient (Wildman–Crippen LogP) is 5.53. The average Bonchev–Trinajstić information content (AvgIpc) is 3.65. The molecule has 4 aliphatic rings. The van der Waals surface area contributed by atoms with Gasteiger partial charge in [-0.3, -0.25) is 9.69 Å². The second-order valence-electron chi connectivity index (χ2n) is 13.2. The molecule has 2 aromatic carbocycles. The molecule has 2 unspecified atom stereocenters. The maximum Gasteiger partial charge on any atom is 0.318 e. The lowest BCUT2D eigenvalue weighted by Gasteiger charge is -2.38. The molecular weight excluding hydrogens is 652 g/mol. The van der Waals surface area contributed by atoms with Crippen LogP contribution in [0, 0.1) is 23.1 Å². The average molecular weight is 694 g/mol. The van der Waals surface area contributed by atoms with Gasteiger partial charge in [0.05, 0.1) is 35.5 Å². The molecule has 0 N–H and O–H groups in total. The molecule has 3 saturated heterocycles. The Morgan fingerprint density at radius 2 is 1.92 bits per heavy atom. The molecule has 0 bridgehead atoms. The molecule has 0 saturated carbocycles. The molecule has 2 atom stereocenters. The van der Waals surface area contributed by atoms with Crippen molar-refractivity contribution in [2.24, 2.45) is 5.92 Å². The number of nitrogens with zero attached hydrogens (tertiary/aromatic N) is 7. The Morgan fingerprint density at radius 3 is 2.65 bits per heavy atom. The first-order valence-corrected chi connectivity index (χ1v) is 17.1. The topological polar surface area (TPSA) is 98.1 Å². The summed E-state index contributed by atoms with van der Waals surface area (Å²) in [4.78, 5) is 30.5. The second-order valence-corrected chi connectivity index (χ2v) is 13.5. The molecule has 0 spiro atoms. The van der Waals surface area contributed by atoms with Crippen molar-refractivity contribution < 1.29 is 23.0 Å². The lowest BCUT2D eigenvalue weighted by Crippen LogP contribution is -2.49. The highest BCUT2D eigenvalue weighted by molar-refractivity contribution is 6.36. The fourth-order valence-corrected chi connectivity index (χ4v) is 8.23. The number of rotatable bonds is 8. The van der Waals surface area contributed by atoms with Crippen LogP contribution < -0.4 is 14.5 Å². The van der Waals surface area contributed by atoms with Crippen LogP contribution in [0.5, 0.6) is 6.01 Å². The lowest BCUT2D eigenvalue weighted by atomic mass is 9.91. The van der Waals surface area contributed by atoms with Gasteiger partial charge >= 0.3 is 6.01 Å². The number of aromatic nitrogens is 2. The summed E-state index contributed by atoms with van der Waals surface area (Å²) >= 11 is 6.51. The number of halogens is 3. The number of hydrogen-bond donors (Lipinski definition) is 0. The highest BCUT2D eigenvalue weighted by Crippen LogP contribution is 2.42. The van der Waals surface area contributed by atoms with E-state index in [9.17, 15) is 13.6 Å². The summed E-state index contributed by atoms with van der Waals surface area (Å²) in [7, 11) is 1.75. The van der Waals surface area contributed by atoms with E-state index in [2.05, 4.69) is 21.3 Å². The molecule has 13 heteroatoms. The van der Waals surface area contributed by atoms with Crippen molar-refractivity contribution in [3.63, 3.8) is 0 Å². The number of nitriles is 1. The van der Waals surface area contributed by atoms with Gasteiger partial charge in [-0.05, 0) is 55.7 Å². The van der Waals surface area contributed by atoms with Gasteiger partial charge in [0.15, 0.2) is 5.83 Å². The summed E-state index contributed by atoms with van der Waals surface area (Å²) in [6.45, 7) is 10.8. The molecule has 49 heavy (non-hydrogen) atoms. The summed E-state index contributed by atoms with van der Waals surface area (Å²) < 4.78 is 40.2. The van der Waals surface area contributed by atoms with E-state index in [-0.39, 0.29) is 10.6 Å². The van der Waals surface area contributed by atoms with Gasteiger partial charge in [0, 0.05) is 69.9 Å². The first kappa shape index (κ1) is 34.8. The van der Waals surface area contributed by atoms with E-state index in [0.717, 1.165) is 67.1 Å². The standard InChI is InChI=1S/C34H39ClF2N6O3.C2H3N/c1-22(36)32(44)41-15-13-40(14-16-41)31-25-9-12-42(28-6-3-5-24-7-8-26(37)30(35)29(24)28)19-27(25)38-33(39-31)46-21-34-10-4-11-43(34)18-23(17-34)20-45-2;1-2-3/h3,5-8,23H,1,4,9-21H2,2H3;1H3. The zero-order valence-corrected chi connectivity index (χ0v) is 28.8. The Morgan fingerprint density at radius 1 is 1.14 bits per heavy atom. The van der Waals surface area contributed by atoms with Gasteiger partial charge in [-0.25, -0.2) is 8.78 Å². The third kappa shape index (κ3) is 7.02. The summed E-state index contributed by atoms with van der Waals surface area (Å²) in [5.41, 5.74) is 2.66. The van der Waals surface area contributed by atoms with Gasteiger partial charge < -0.3 is 24.2 Å². The van der Waals surface area contributed by atoms with Crippen molar-refractivity contribution in [3.8, 4) is 12.1 Å². The Labute approximate surface area is 290 Å². The number of carbonyl (C=O) groups excluding carboxylic acids is 1. The van der Waals surface area contributed by atoms with Crippen molar-refractivity contribution in [2.45, 2.75) is 44.7 Å². The summed E-state index contributed by atoms with van der Waals surface area (Å²) in [6, 6.07) is 11.1. The summed E-state index contributed by atoms with van der Waals surface area (Å²) in [5.74, 6) is -0.806. The van der Waals surface area contributed by atoms with Crippen LogP contribution >= 0.6 is 11.6 Å². The van der Waals surface area contributed by atoms with Gasteiger partial charge in [-0.2, -0.15) is 15.2 Å². The molecule has 260 valence electrons. The van der Waals surface area contributed by atoms with Gasteiger partial charge in [0.1, 0.15) is 18.2 Å². The minimum absolute atomic E-state index is 0.0564. The van der Waals surface area contributed by atoms with Crippen LogP contribution in [0.2, 0.25) is 5.02 Å². The first-order valence-electron chi connectivity index (χ1n) is 16.8. The highest BCUT2D eigenvalue weighted by atomic mass is 35.5. The molecule has 3 aromatic rings. The van der Waals surface area contributed by atoms with E-state index < -0.39 is 17.6 Å². The van der Waals surface area contributed by atoms with Crippen LogP contribution in [0.25, 0.3) is 10.8 Å². The van der Waals surface area contributed by atoms with E-state index in [1.54, 1.807) is 19.2 Å². The number of benzene rings is 2. The summed E-state index contributed by atoms with van der Waals surface area (Å²) in [6.07, 6.45) is 3.87. The fraction of sp³-hybridized carbons (Fsp3) is 0.500. The largest absolute Gasteiger partial charge is 0.461 e. The molecule has 4 aliphatic heterocycles. The van der Waals surface area contributed by atoms with Crippen molar-refractivity contribution in [1.82, 2.24) is 19.8 Å². The third-order valence-corrected chi connectivity index (χ3v) is 10.5. The monoisotopic (exact) mass is 693 g/mol. The molecule has 0 aliphatic carbocycles. The zero-order valence-electron chi connectivity index (χ0n) is 28.1. The molecule has 3 fully saturated rings. The van der Waals surface area contributed by atoms with Crippen LogP contribution in [0.3, 0.4) is 0 Å². The van der Waals surface area contributed by atoms with Gasteiger partial charge in [0.25, 0.3) is 5.91 Å². The minimum Gasteiger partial charge on any atom is -0.461 e. The van der Waals surface area contributed by atoms with Crippen LogP contribution in [-0.4, -0.2) is 97.4 Å². The van der Waals surface area contributed by atoms with Gasteiger partial charge in [-0.1, -0.05) is 36.4 Å². The van der Waals surface area contributed by atoms with E-state index >= 15 is 0 Å². The number of anilines is 2. The predicted molar refractivity (Wildman–Crippen MR) is 185 cm³/mol. The molecule has 0 radical (unpaired) electrons. The molecule has 1 aromatic heterocycles. The van der Waals surface area contributed by atoms with E-state index in [4.69, 9.17) is 36.3 Å². The van der Waals surface area contributed by atoms with Crippen LogP contribution in [0.1, 0.15) is 37.4 Å². The van der Waals surface area contributed by atoms with Gasteiger partial charge in [-0.15, -0.1) is 0 Å². The van der Waals surface area contributed by atoms with Crippen LogP contribution in [0.4, 0.5) is 20.3 Å². The van der Waals surface area contributed by atoms with Crippen LogP contribution in [0.15, 0.2) is 42.7 Å². The molecule has 5 heterocycles. The highest BCUT2D eigenvalue weighted by Gasteiger charge is 2.49. The van der Waals surface area contributed by atoms with Crippen molar-refractivity contribution in [2.75, 3.05) is 75.9 Å². The SMILES string of the molecule is C=C(F)C(=O)N1CCN(c2nc(OCC34CCCN3CC(COC)C4)nc3c2CCN(c2cccc4ccc(F)c(Cl)c24)C3)CC1.CC#N. The normalized spacial score (nSPS) is 21.9. The second kappa shape index (κ2) is 14.8. The van der Waals surface area contributed by atoms with E-state index in [1.807, 2.05) is 18.2 Å². The van der Waals surface area contributed by atoms with Crippen molar-refractivity contribution >= 4 is 39.8 Å². The van der Waals surface area contributed by atoms with Crippen LogP contribution in [-0.2, 0) is 22.5 Å². The fourth-order valence-electron chi connectivity index (χ4n) is 7.96. The lowest BCUT2D eigenvalue weighted by molar-refractivity contribution is -0.128. The number of methoxy groups -OCH3 is 1. The molecule has 1 amide bonds. The number of carbonyl (C=O) groups is 1. The smallest absolute Gasteiger partial charge is 0.318 e. The molecular formula is C36H42ClF2N7O3. The molecule has 7 rings (SSSR count). The number of fused-ring (bicyclic) bond motifs is 3. The summed E-state index contributed by atoms with van der Waals surface area (Å²) in [5, 5.41) is 8.98. The quantitative estimate of drug-likeness (QED) is 0.282. The maximum atomic E-state index is 14.6. The Kier molecular flexibility index (Phi) is 10.5. The van der Waals surface area contributed by atoms with Gasteiger partial charge in [0.2, 0.25) is 0 Å². The molecule has 10 nitrogen and oxygen atoms in total. The number of hydrogen-bond acceptors (Lipinski definition) is 9. The van der Waals surface area contributed by atoms with E-state index in [1.165, 1.54) is 17.9 Å². The first-order chi connectivity index (χ1) is 23.7. The number of ether oxygens (including phenoxy) is 2. The Hall–Kier alpha value is -4.05. The van der Waals surface area contributed by atoms with Crippen molar-refractivity contribution in [3.05, 3.63) is 64.8 Å². The third-order valence-electron chi connectivity index (χ3n) is 10.1. The van der Waals surface area contributed by atoms with E-state index in [0.29, 0.717) is 69.6 Å². The maximum absolute atomic E-state index is 14.6. The number of piperazine rings is 1. The Balaban J connectivity index is 0.00000134. The van der Waals surface area contributed by atoms with Crippen molar-refractivity contribution in [1.29, 1.82) is 5.26 Å². The number of amides is 1. The zero-order chi connectivity index (χ0) is 34.7.